The molecule has 1 heteroatoms. The van der Waals surface area contributed by atoms with E-state index in [0.29, 0.717) is 0 Å². The van der Waals surface area contributed by atoms with E-state index in [1.807, 2.05) is 11.3 Å². The smallest absolute Gasteiger partial charge is 0.0434 e. The zero-order chi connectivity index (χ0) is 22.0. The Morgan fingerprint density at radius 3 is 1.36 bits per heavy atom. The van der Waals surface area contributed by atoms with Crippen LogP contribution in [0.3, 0.4) is 0 Å². The van der Waals surface area contributed by atoms with Gasteiger partial charge in [0.05, 0.1) is 0 Å². The number of hydrogen-bond acceptors (Lipinski definition) is 1. The molecule has 0 spiro atoms. The zero-order valence-electron chi connectivity index (χ0n) is 18.1. The van der Waals surface area contributed by atoms with Crippen LogP contribution in [0.1, 0.15) is 0 Å². The second kappa shape index (κ2) is 8.54. The van der Waals surface area contributed by atoms with Crippen LogP contribution in [0.15, 0.2) is 133 Å². The third-order valence-corrected chi connectivity index (χ3v) is 7.31. The van der Waals surface area contributed by atoms with Gasteiger partial charge in [0, 0.05) is 20.5 Å². The van der Waals surface area contributed by atoms with Gasteiger partial charge in [-0.05, 0) is 39.4 Å². The highest BCUT2D eigenvalue weighted by molar-refractivity contribution is 7.23. The van der Waals surface area contributed by atoms with Crippen LogP contribution < -0.4 is 0 Å². The van der Waals surface area contributed by atoms with Gasteiger partial charge in [-0.1, -0.05) is 127 Å². The molecule has 6 aromatic rings. The van der Waals surface area contributed by atoms with Crippen molar-refractivity contribution in [1.82, 2.24) is 0 Å². The summed E-state index contributed by atoms with van der Waals surface area (Å²) in [5, 5.41) is 1.33. The Labute approximate surface area is 198 Å². The number of fused-ring (bicyclic) bond motifs is 1. The number of rotatable bonds is 4. The Morgan fingerprint density at radius 1 is 0.364 bits per heavy atom. The lowest BCUT2D eigenvalue weighted by Gasteiger charge is -2.15. The number of benzene rings is 5. The van der Waals surface area contributed by atoms with Gasteiger partial charge in [-0.3, -0.25) is 0 Å². The molecule has 0 unspecified atom stereocenters. The van der Waals surface area contributed by atoms with Crippen molar-refractivity contribution in [2.24, 2.45) is 0 Å². The van der Waals surface area contributed by atoms with E-state index in [-0.39, 0.29) is 0 Å². The van der Waals surface area contributed by atoms with Gasteiger partial charge in [0.25, 0.3) is 0 Å². The Balaban J connectivity index is 1.78. The summed E-state index contributed by atoms with van der Waals surface area (Å²) in [6, 6.07) is 47.8. The first kappa shape index (κ1) is 19.7. The van der Waals surface area contributed by atoms with E-state index in [4.69, 9.17) is 0 Å². The van der Waals surface area contributed by atoms with E-state index < -0.39 is 0 Å². The fraction of sp³-hybridized carbons (Fsp3) is 0. The molecule has 0 radical (unpaired) electrons. The van der Waals surface area contributed by atoms with Crippen LogP contribution in [-0.2, 0) is 0 Å². The van der Waals surface area contributed by atoms with E-state index in [1.54, 1.807) is 0 Å². The summed E-state index contributed by atoms with van der Waals surface area (Å²) in [5.41, 5.74) is 8.89. The summed E-state index contributed by atoms with van der Waals surface area (Å²) in [6.07, 6.45) is 0. The quantitative estimate of drug-likeness (QED) is 0.257. The second-order valence-corrected chi connectivity index (χ2v) is 9.18. The maximum absolute atomic E-state index is 2.30. The van der Waals surface area contributed by atoms with E-state index in [1.165, 1.54) is 53.9 Å². The summed E-state index contributed by atoms with van der Waals surface area (Å²) < 4.78 is 1.31. The van der Waals surface area contributed by atoms with Gasteiger partial charge in [-0.2, -0.15) is 0 Å². The average molecular weight is 439 g/mol. The number of hydrogen-bond donors (Lipinski definition) is 0. The summed E-state index contributed by atoms with van der Waals surface area (Å²) in [6.45, 7) is 0. The van der Waals surface area contributed by atoms with Crippen molar-refractivity contribution in [1.29, 1.82) is 0 Å². The molecule has 0 aliphatic rings. The molecule has 0 saturated carbocycles. The van der Waals surface area contributed by atoms with Crippen molar-refractivity contribution in [2.45, 2.75) is 0 Å². The van der Waals surface area contributed by atoms with Crippen LogP contribution in [-0.4, -0.2) is 0 Å². The maximum atomic E-state index is 2.30. The van der Waals surface area contributed by atoms with Crippen molar-refractivity contribution in [3.63, 3.8) is 0 Å². The predicted octanol–water partition coefficient (Wildman–Crippen LogP) is 9.57. The fourth-order valence-corrected chi connectivity index (χ4v) is 5.87. The normalized spacial score (nSPS) is 11.0. The SMILES string of the molecule is c1ccc(-c2ccc3sc(-c4ccccc4)c(-c4ccccc4)c3c2-c2ccccc2)cc1. The Hall–Kier alpha value is -3.94. The third kappa shape index (κ3) is 3.57. The molecule has 0 atom stereocenters. The van der Waals surface area contributed by atoms with Gasteiger partial charge < -0.3 is 0 Å². The summed E-state index contributed by atoms with van der Waals surface area (Å²) in [5.74, 6) is 0. The van der Waals surface area contributed by atoms with Crippen LogP contribution in [0.4, 0.5) is 0 Å². The van der Waals surface area contributed by atoms with Gasteiger partial charge in [0.2, 0.25) is 0 Å². The molecule has 0 bridgehead atoms. The number of thiophene rings is 1. The monoisotopic (exact) mass is 438 g/mol. The molecule has 0 fully saturated rings. The van der Waals surface area contributed by atoms with Gasteiger partial charge in [-0.25, -0.2) is 0 Å². The van der Waals surface area contributed by atoms with Crippen molar-refractivity contribution < 1.29 is 0 Å². The predicted molar refractivity (Wildman–Crippen MR) is 144 cm³/mol. The molecular formula is C32H22S. The highest BCUT2D eigenvalue weighted by atomic mass is 32.1. The average Bonchev–Trinajstić information content (AvgIpc) is 3.30. The minimum atomic E-state index is 1.24. The van der Waals surface area contributed by atoms with Gasteiger partial charge in [0.15, 0.2) is 0 Å². The third-order valence-electron chi connectivity index (χ3n) is 6.10. The Morgan fingerprint density at radius 2 is 0.818 bits per heavy atom. The van der Waals surface area contributed by atoms with Crippen molar-refractivity contribution in [3.05, 3.63) is 133 Å². The minimum Gasteiger partial charge on any atom is -0.135 e. The van der Waals surface area contributed by atoms with Gasteiger partial charge in [0.1, 0.15) is 0 Å². The van der Waals surface area contributed by atoms with E-state index in [0.717, 1.165) is 0 Å². The lowest BCUT2D eigenvalue weighted by atomic mass is 9.88. The van der Waals surface area contributed by atoms with Crippen molar-refractivity contribution >= 4 is 21.4 Å². The molecule has 0 aliphatic carbocycles. The maximum Gasteiger partial charge on any atom is 0.0434 e. The topological polar surface area (TPSA) is 0 Å². The van der Waals surface area contributed by atoms with Crippen molar-refractivity contribution in [3.8, 4) is 43.8 Å². The van der Waals surface area contributed by atoms with Crippen LogP contribution in [0.2, 0.25) is 0 Å². The van der Waals surface area contributed by atoms with Crippen molar-refractivity contribution in [2.75, 3.05) is 0 Å². The first-order valence-electron chi connectivity index (χ1n) is 11.2. The molecule has 156 valence electrons. The molecular weight excluding hydrogens is 416 g/mol. The summed E-state index contributed by atoms with van der Waals surface area (Å²) in [4.78, 5) is 1.32. The van der Waals surface area contributed by atoms with E-state index >= 15 is 0 Å². The standard InChI is InChI=1S/C32H22S/c1-5-13-23(14-6-1)27-21-22-28-31(29(27)24-15-7-2-8-16-24)30(25-17-9-3-10-18-25)32(33-28)26-19-11-4-12-20-26/h1-22H. The highest BCUT2D eigenvalue weighted by Crippen LogP contribution is 2.50. The molecule has 6 rings (SSSR count). The molecule has 33 heavy (non-hydrogen) atoms. The second-order valence-electron chi connectivity index (χ2n) is 8.13. The van der Waals surface area contributed by atoms with Gasteiger partial charge >= 0.3 is 0 Å². The van der Waals surface area contributed by atoms with Crippen LogP contribution in [0, 0.1) is 0 Å². The molecule has 0 N–H and O–H groups in total. The molecule has 0 nitrogen and oxygen atoms in total. The Kier molecular flexibility index (Phi) is 5.10. The summed E-state index contributed by atoms with van der Waals surface area (Å²) >= 11 is 1.88. The van der Waals surface area contributed by atoms with Gasteiger partial charge in [-0.15, -0.1) is 11.3 Å². The minimum absolute atomic E-state index is 1.24. The highest BCUT2D eigenvalue weighted by Gasteiger charge is 2.21. The molecule has 1 aromatic heterocycles. The Bertz CT molecular complexity index is 1480. The van der Waals surface area contributed by atoms with E-state index in [2.05, 4.69) is 133 Å². The molecule has 5 aromatic carbocycles. The summed E-state index contributed by atoms with van der Waals surface area (Å²) in [7, 11) is 0. The molecule has 0 saturated heterocycles. The van der Waals surface area contributed by atoms with E-state index in [9.17, 15) is 0 Å². The first-order valence-corrected chi connectivity index (χ1v) is 12.0. The van der Waals surface area contributed by atoms with Crippen LogP contribution in [0.25, 0.3) is 53.9 Å². The lowest BCUT2D eigenvalue weighted by Crippen LogP contribution is -1.88. The van der Waals surface area contributed by atoms with Crippen LogP contribution >= 0.6 is 11.3 Å². The van der Waals surface area contributed by atoms with Crippen LogP contribution in [0.5, 0.6) is 0 Å². The zero-order valence-corrected chi connectivity index (χ0v) is 18.9. The molecule has 0 aliphatic heterocycles. The largest absolute Gasteiger partial charge is 0.135 e. The molecule has 1 heterocycles. The lowest BCUT2D eigenvalue weighted by molar-refractivity contribution is 1.61. The fourth-order valence-electron chi connectivity index (χ4n) is 4.63. The first-order chi connectivity index (χ1) is 16.4. The molecule has 0 amide bonds.